The number of rotatable bonds is 13. The summed E-state index contributed by atoms with van der Waals surface area (Å²) in [6.07, 6.45) is 1.22. The van der Waals surface area contributed by atoms with Crippen LogP contribution in [0.25, 0.3) is 0 Å². The minimum absolute atomic E-state index is 0.0562. The Bertz CT molecular complexity index is 1700. The maximum atomic E-state index is 14.2. The fourth-order valence-corrected chi connectivity index (χ4v) is 6.00. The number of carbonyl (C=O) groups is 2. The van der Waals surface area contributed by atoms with Gasteiger partial charge in [0.05, 0.1) is 11.9 Å². The van der Waals surface area contributed by atoms with E-state index in [0.29, 0.717) is 27.1 Å². The first-order valence-electron chi connectivity index (χ1n) is 14.3. The van der Waals surface area contributed by atoms with E-state index >= 15 is 0 Å². The molecule has 0 aliphatic rings. The van der Waals surface area contributed by atoms with E-state index in [-0.39, 0.29) is 30.6 Å². The van der Waals surface area contributed by atoms with E-state index in [1.807, 2.05) is 62.4 Å². The number of nitrogens with one attached hydrogen (secondary N) is 1. The Hall–Kier alpha value is -4.05. The fraction of sp³-hybridized carbons (Fsp3) is 0.235. The minimum atomic E-state index is -3.93. The van der Waals surface area contributed by atoms with E-state index in [1.54, 1.807) is 54.6 Å². The lowest BCUT2D eigenvalue weighted by Crippen LogP contribution is -2.54. The van der Waals surface area contributed by atoms with Crippen molar-refractivity contribution in [1.29, 1.82) is 0 Å². The average Bonchev–Trinajstić information content (AvgIpc) is 2.99. The van der Waals surface area contributed by atoms with Crippen LogP contribution in [0.1, 0.15) is 25.0 Å². The van der Waals surface area contributed by atoms with Crippen LogP contribution in [-0.4, -0.2) is 50.0 Å². The molecular weight excluding hydrogens is 633 g/mol. The van der Waals surface area contributed by atoms with Crippen LogP contribution in [0.4, 0.5) is 5.69 Å². The summed E-state index contributed by atoms with van der Waals surface area (Å²) in [6, 6.07) is 28.6. The second-order valence-corrected chi connectivity index (χ2v) is 13.6. The van der Waals surface area contributed by atoms with Gasteiger partial charge in [0, 0.05) is 29.1 Å². The van der Waals surface area contributed by atoms with Gasteiger partial charge in [-0.1, -0.05) is 77.8 Å². The van der Waals surface area contributed by atoms with Crippen molar-refractivity contribution in [2.24, 2.45) is 0 Å². The van der Waals surface area contributed by atoms with Gasteiger partial charge in [-0.3, -0.25) is 13.9 Å². The number of hydrogen-bond donors (Lipinski definition) is 1. The SMILES string of the molecule is CC(C)NC(=O)C(Cc1ccccc1)N(Cc1ccc(Cl)cc1Cl)C(=O)CN(c1ccc(Oc2ccccc2)cc1)S(C)(=O)=O. The Labute approximate surface area is 274 Å². The Kier molecular flexibility index (Phi) is 11.5. The van der Waals surface area contributed by atoms with Crippen LogP contribution in [0.2, 0.25) is 10.0 Å². The number of hydrogen-bond acceptors (Lipinski definition) is 5. The van der Waals surface area contributed by atoms with Gasteiger partial charge in [0.25, 0.3) is 0 Å². The van der Waals surface area contributed by atoms with Crippen molar-refractivity contribution in [3.8, 4) is 11.5 Å². The summed E-state index contributed by atoms with van der Waals surface area (Å²) in [6.45, 7) is 3.05. The van der Waals surface area contributed by atoms with E-state index in [9.17, 15) is 18.0 Å². The topological polar surface area (TPSA) is 96.0 Å². The number of anilines is 1. The molecular formula is C34H35Cl2N3O5S. The lowest BCUT2D eigenvalue weighted by atomic mass is 10.0. The Balaban J connectivity index is 1.70. The molecule has 0 radical (unpaired) electrons. The van der Waals surface area contributed by atoms with Gasteiger partial charge in [-0.25, -0.2) is 8.42 Å². The van der Waals surface area contributed by atoms with Crippen molar-refractivity contribution >= 4 is 50.7 Å². The zero-order valence-electron chi connectivity index (χ0n) is 25.2. The highest BCUT2D eigenvalue weighted by Crippen LogP contribution is 2.27. The van der Waals surface area contributed by atoms with E-state index in [1.165, 1.54) is 4.90 Å². The van der Waals surface area contributed by atoms with Crippen molar-refractivity contribution in [3.05, 3.63) is 124 Å². The van der Waals surface area contributed by atoms with Crippen molar-refractivity contribution in [3.63, 3.8) is 0 Å². The first kappa shape index (κ1) is 33.8. The third-order valence-corrected chi connectivity index (χ3v) is 8.57. The molecule has 0 saturated carbocycles. The Morgan fingerprint density at radius 1 is 0.844 bits per heavy atom. The van der Waals surface area contributed by atoms with Gasteiger partial charge in [0.2, 0.25) is 21.8 Å². The van der Waals surface area contributed by atoms with E-state index < -0.39 is 28.5 Å². The maximum Gasteiger partial charge on any atom is 0.244 e. The predicted octanol–water partition coefficient (Wildman–Crippen LogP) is 6.72. The summed E-state index contributed by atoms with van der Waals surface area (Å²) in [5.74, 6) is 0.162. The average molecular weight is 669 g/mol. The number of nitrogens with zero attached hydrogens (tertiary/aromatic N) is 2. The van der Waals surface area contributed by atoms with Gasteiger partial charge in [0.15, 0.2) is 0 Å². The van der Waals surface area contributed by atoms with Crippen LogP contribution in [0.15, 0.2) is 103 Å². The van der Waals surface area contributed by atoms with Crippen LogP contribution in [0.3, 0.4) is 0 Å². The second kappa shape index (κ2) is 15.3. The fourth-order valence-electron chi connectivity index (χ4n) is 4.69. The summed E-state index contributed by atoms with van der Waals surface area (Å²) in [7, 11) is -3.93. The van der Waals surface area contributed by atoms with Gasteiger partial charge >= 0.3 is 0 Å². The highest BCUT2D eigenvalue weighted by atomic mass is 35.5. The van der Waals surface area contributed by atoms with Crippen molar-refractivity contribution < 1.29 is 22.7 Å². The number of benzene rings is 4. The molecule has 1 unspecified atom stereocenters. The molecule has 0 saturated heterocycles. The molecule has 0 aliphatic heterocycles. The molecule has 4 aromatic carbocycles. The summed E-state index contributed by atoms with van der Waals surface area (Å²) < 4.78 is 33.0. The molecule has 11 heteroatoms. The number of halogens is 2. The predicted molar refractivity (Wildman–Crippen MR) is 179 cm³/mol. The van der Waals surface area contributed by atoms with Crippen LogP contribution in [0.5, 0.6) is 11.5 Å². The molecule has 4 aromatic rings. The van der Waals surface area contributed by atoms with Crippen LogP contribution in [0, 0.1) is 0 Å². The maximum absolute atomic E-state index is 14.2. The molecule has 0 bridgehead atoms. The van der Waals surface area contributed by atoms with Crippen LogP contribution >= 0.6 is 23.2 Å². The van der Waals surface area contributed by atoms with Crippen LogP contribution in [-0.2, 0) is 32.6 Å². The van der Waals surface area contributed by atoms with E-state index in [0.717, 1.165) is 16.1 Å². The largest absolute Gasteiger partial charge is 0.457 e. The number of sulfonamides is 1. The van der Waals surface area contributed by atoms with Gasteiger partial charge in [0.1, 0.15) is 24.1 Å². The molecule has 2 amide bonds. The van der Waals surface area contributed by atoms with Gasteiger partial charge in [-0.15, -0.1) is 0 Å². The summed E-state index contributed by atoms with van der Waals surface area (Å²) in [4.78, 5) is 29.3. The number of amides is 2. The normalized spacial score (nSPS) is 12.0. The first-order valence-corrected chi connectivity index (χ1v) is 16.9. The van der Waals surface area contributed by atoms with E-state index in [2.05, 4.69) is 5.32 Å². The molecule has 8 nitrogen and oxygen atoms in total. The van der Waals surface area contributed by atoms with Gasteiger partial charge in [-0.05, 0) is 73.5 Å². The van der Waals surface area contributed by atoms with Crippen molar-refractivity contribution in [2.75, 3.05) is 17.1 Å². The molecule has 236 valence electrons. The summed E-state index contributed by atoms with van der Waals surface area (Å²) in [5.41, 5.74) is 1.65. The zero-order chi connectivity index (χ0) is 32.6. The molecule has 1 atom stereocenters. The summed E-state index contributed by atoms with van der Waals surface area (Å²) >= 11 is 12.6. The Morgan fingerprint density at radius 2 is 1.44 bits per heavy atom. The smallest absolute Gasteiger partial charge is 0.244 e. The van der Waals surface area contributed by atoms with Crippen molar-refractivity contribution in [2.45, 2.75) is 38.9 Å². The quantitative estimate of drug-likeness (QED) is 0.171. The second-order valence-electron chi connectivity index (χ2n) is 10.8. The minimum Gasteiger partial charge on any atom is -0.457 e. The number of carbonyl (C=O) groups excluding carboxylic acids is 2. The number of para-hydroxylation sites is 1. The third kappa shape index (κ3) is 9.72. The monoisotopic (exact) mass is 667 g/mol. The molecule has 0 heterocycles. The highest BCUT2D eigenvalue weighted by Gasteiger charge is 2.33. The first-order chi connectivity index (χ1) is 21.4. The third-order valence-electron chi connectivity index (χ3n) is 6.84. The van der Waals surface area contributed by atoms with Gasteiger partial charge in [-0.2, -0.15) is 0 Å². The van der Waals surface area contributed by atoms with Crippen molar-refractivity contribution in [1.82, 2.24) is 10.2 Å². The lowest BCUT2D eigenvalue weighted by Gasteiger charge is -2.34. The summed E-state index contributed by atoms with van der Waals surface area (Å²) in [5, 5.41) is 3.65. The van der Waals surface area contributed by atoms with E-state index in [4.69, 9.17) is 27.9 Å². The molecule has 4 rings (SSSR count). The van der Waals surface area contributed by atoms with Gasteiger partial charge < -0.3 is 15.0 Å². The molecule has 0 fully saturated rings. The van der Waals surface area contributed by atoms with Crippen LogP contribution < -0.4 is 14.4 Å². The molecule has 45 heavy (non-hydrogen) atoms. The standard InChI is InChI=1S/C34H35Cl2N3O5S/c1-24(2)37-34(41)32(20-25-10-6-4-7-11-25)38(22-26-14-15-27(35)21-31(26)36)33(40)23-39(45(3,42)43)28-16-18-30(19-17-28)44-29-12-8-5-9-13-29/h4-19,21,24,32H,20,22-23H2,1-3H3,(H,37,41). The molecule has 0 aromatic heterocycles. The Morgan fingerprint density at radius 3 is 2.02 bits per heavy atom. The number of ether oxygens (including phenoxy) is 1. The lowest BCUT2D eigenvalue weighted by molar-refractivity contribution is -0.140. The highest BCUT2D eigenvalue weighted by molar-refractivity contribution is 7.92. The molecule has 1 N–H and O–H groups in total. The molecule has 0 aliphatic carbocycles. The molecule has 0 spiro atoms. The zero-order valence-corrected chi connectivity index (χ0v) is 27.5.